The van der Waals surface area contributed by atoms with Gasteiger partial charge in [-0.15, -0.1) is 0 Å². The maximum atomic E-state index is 5.69. The molecule has 0 saturated carbocycles. The number of aromatic nitrogens is 4. The Bertz CT molecular complexity index is 1050. The summed E-state index contributed by atoms with van der Waals surface area (Å²) in [4.78, 5) is 13.5. The summed E-state index contributed by atoms with van der Waals surface area (Å²) in [6.07, 6.45) is 7.38. The SMILES string of the molecule is Cc1ccc(-c2cn(-c3cncc(OC(C)C)n3)c3ccccc23)nc1. The Kier molecular flexibility index (Phi) is 4.13. The summed E-state index contributed by atoms with van der Waals surface area (Å²) in [5.41, 5.74) is 4.20. The Hall–Kier alpha value is -3.21. The van der Waals surface area contributed by atoms with Gasteiger partial charge in [0.25, 0.3) is 0 Å². The average Bonchev–Trinajstić information content (AvgIpc) is 3.02. The normalized spacial score (nSPS) is 11.2. The molecule has 5 nitrogen and oxygen atoms in total. The molecule has 26 heavy (non-hydrogen) atoms. The van der Waals surface area contributed by atoms with Crippen molar-refractivity contribution in [3.05, 3.63) is 66.7 Å². The van der Waals surface area contributed by atoms with Gasteiger partial charge in [0.05, 0.1) is 29.7 Å². The summed E-state index contributed by atoms with van der Waals surface area (Å²) in [6.45, 7) is 5.98. The molecule has 0 saturated heterocycles. The van der Waals surface area contributed by atoms with E-state index in [0.29, 0.717) is 5.88 Å². The lowest BCUT2D eigenvalue weighted by Gasteiger charge is -2.10. The maximum Gasteiger partial charge on any atom is 0.234 e. The lowest BCUT2D eigenvalue weighted by atomic mass is 10.1. The first-order chi connectivity index (χ1) is 12.6. The summed E-state index contributed by atoms with van der Waals surface area (Å²) in [6, 6.07) is 12.4. The quantitative estimate of drug-likeness (QED) is 0.544. The van der Waals surface area contributed by atoms with Crippen molar-refractivity contribution in [2.24, 2.45) is 0 Å². The van der Waals surface area contributed by atoms with Crippen LogP contribution in [0.1, 0.15) is 19.4 Å². The van der Waals surface area contributed by atoms with Crippen LogP contribution in [0.5, 0.6) is 5.88 Å². The second-order valence-corrected chi connectivity index (χ2v) is 6.53. The van der Waals surface area contributed by atoms with E-state index in [1.807, 2.05) is 49.7 Å². The minimum absolute atomic E-state index is 0.0493. The molecule has 0 amide bonds. The number of benzene rings is 1. The van der Waals surface area contributed by atoms with Gasteiger partial charge in [0, 0.05) is 23.3 Å². The highest BCUT2D eigenvalue weighted by atomic mass is 16.5. The van der Waals surface area contributed by atoms with Gasteiger partial charge in [-0.2, -0.15) is 4.98 Å². The monoisotopic (exact) mass is 344 g/mol. The molecule has 0 radical (unpaired) electrons. The van der Waals surface area contributed by atoms with Crippen LogP contribution in [0.2, 0.25) is 0 Å². The molecule has 0 aliphatic heterocycles. The van der Waals surface area contributed by atoms with E-state index in [1.54, 1.807) is 12.4 Å². The van der Waals surface area contributed by atoms with Crippen LogP contribution in [0.25, 0.3) is 28.0 Å². The van der Waals surface area contributed by atoms with Gasteiger partial charge in [0.1, 0.15) is 0 Å². The van der Waals surface area contributed by atoms with Gasteiger partial charge in [0.2, 0.25) is 5.88 Å². The number of aryl methyl sites for hydroxylation is 1. The Morgan fingerprint density at radius 1 is 1.00 bits per heavy atom. The zero-order chi connectivity index (χ0) is 18.1. The van der Waals surface area contributed by atoms with E-state index in [9.17, 15) is 0 Å². The first-order valence-corrected chi connectivity index (χ1v) is 8.64. The largest absolute Gasteiger partial charge is 0.474 e. The van der Waals surface area contributed by atoms with E-state index in [2.05, 4.69) is 39.3 Å². The number of rotatable bonds is 4. The van der Waals surface area contributed by atoms with Crippen molar-refractivity contribution in [2.75, 3.05) is 0 Å². The van der Waals surface area contributed by atoms with Gasteiger partial charge < -0.3 is 4.74 Å². The third-order valence-corrected chi connectivity index (χ3v) is 4.10. The average molecular weight is 344 g/mol. The molecule has 0 spiro atoms. The van der Waals surface area contributed by atoms with Crippen molar-refractivity contribution in [3.63, 3.8) is 0 Å². The van der Waals surface area contributed by atoms with Crippen LogP contribution in [0.15, 0.2) is 61.2 Å². The fourth-order valence-corrected chi connectivity index (χ4v) is 2.95. The first-order valence-electron chi connectivity index (χ1n) is 8.64. The molecule has 0 atom stereocenters. The molecule has 3 heterocycles. The highest BCUT2D eigenvalue weighted by Crippen LogP contribution is 2.31. The number of nitrogens with zero attached hydrogens (tertiary/aromatic N) is 4. The van der Waals surface area contributed by atoms with Gasteiger partial charge in [-0.1, -0.05) is 24.3 Å². The van der Waals surface area contributed by atoms with E-state index in [0.717, 1.165) is 33.5 Å². The van der Waals surface area contributed by atoms with Crippen molar-refractivity contribution in [2.45, 2.75) is 26.9 Å². The molecule has 0 unspecified atom stereocenters. The number of hydrogen-bond donors (Lipinski definition) is 0. The number of para-hydroxylation sites is 1. The highest BCUT2D eigenvalue weighted by molar-refractivity contribution is 5.96. The molecule has 0 bridgehead atoms. The van der Waals surface area contributed by atoms with Crippen LogP contribution in [0.3, 0.4) is 0 Å². The van der Waals surface area contributed by atoms with Crippen molar-refractivity contribution in [1.29, 1.82) is 0 Å². The highest BCUT2D eigenvalue weighted by Gasteiger charge is 2.13. The third kappa shape index (κ3) is 3.04. The molecule has 0 aliphatic carbocycles. The Balaban J connectivity index is 1.88. The Morgan fingerprint density at radius 2 is 1.85 bits per heavy atom. The predicted octanol–water partition coefficient (Wildman–Crippen LogP) is 4.58. The number of hydrogen-bond acceptors (Lipinski definition) is 4. The third-order valence-electron chi connectivity index (χ3n) is 4.10. The summed E-state index contributed by atoms with van der Waals surface area (Å²) >= 11 is 0. The molecular formula is C21H20N4O. The van der Waals surface area contributed by atoms with Gasteiger partial charge in [0.15, 0.2) is 5.82 Å². The smallest absolute Gasteiger partial charge is 0.234 e. The second kappa shape index (κ2) is 6.59. The summed E-state index contributed by atoms with van der Waals surface area (Å²) in [7, 11) is 0. The van der Waals surface area contributed by atoms with E-state index >= 15 is 0 Å². The van der Waals surface area contributed by atoms with Crippen LogP contribution in [0, 0.1) is 6.92 Å². The van der Waals surface area contributed by atoms with Crippen molar-refractivity contribution in [1.82, 2.24) is 19.5 Å². The van der Waals surface area contributed by atoms with Crippen LogP contribution in [-0.2, 0) is 0 Å². The molecule has 0 N–H and O–H groups in total. The van der Waals surface area contributed by atoms with Crippen molar-refractivity contribution < 1.29 is 4.74 Å². The Labute approximate surface area is 152 Å². The molecule has 4 aromatic rings. The van der Waals surface area contributed by atoms with Crippen LogP contribution >= 0.6 is 0 Å². The lowest BCUT2D eigenvalue weighted by Crippen LogP contribution is -2.08. The van der Waals surface area contributed by atoms with Crippen molar-refractivity contribution in [3.8, 4) is 23.0 Å². The van der Waals surface area contributed by atoms with Gasteiger partial charge in [-0.05, 0) is 38.5 Å². The molecule has 0 fully saturated rings. The molecule has 1 aromatic carbocycles. The standard InChI is InChI=1S/C21H20N4O/c1-14(2)26-21-12-22-11-20(24-21)25-13-17(16-6-4-5-7-19(16)25)18-9-8-15(3)10-23-18/h4-14H,1-3H3. The predicted molar refractivity (Wildman–Crippen MR) is 103 cm³/mol. The van der Waals surface area contributed by atoms with Gasteiger partial charge in [-0.3, -0.25) is 14.5 Å². The van der Waals surface area contributed by atoms with Crippen molar-refractivity contribution >= 4 is 10.9 Å². The van der Waals surface area contributed by atoms with Gasteiger partial charge in [-0.25, -0.2) is 0 Å². The first kappa shape index (κ1) is 16.3. The zero-order valence-electron chi connectivity index (χ0n) is 15.0. The summed E-state index contributed by atoms with van der Waals surface area (Å²) in [5.74, 6) is 1.24. The zero-order valence-corrected chi connectivity index (χ0v) is 15.0. The van der Waals surface area contributed by atoms with E-state index in [4.69, 9.17) is 4.74 Å². The summed E-state index contributed by atoms with van der Waals surface area (Å²) in [5, 5.41) is 1.13. The van der Waals surface area contributed by atoms with Gasteiger partial charge >= 0.3 is 0 Å². The minimum Gasteiger partial charge on any atom is -0.474 e. The van der Waals surface area contributed by atoms with E-state index in [1.165, 1.54) is 0 Å². The molecule has 0 aliphatic rings. The summed E-state index contributed by atoms with van der Waals surface area (Å²) < 4.78 is 7.73. The topological polar surface area (TPSA) is 52.8 Å². The van der Waals surface area contributed by atoms with E-state index in [-0.39, 0.29) is 6.10 Å². The second-order valence-electron chi connectivity index (χ2n) is 6.53. The fourth-order valence-electron chi connectivity index (χ4n) is 2.95. The maximum absolute atomic E-state index is 5.69. The fraction of sp³-hybridized carbons (Fsp3) is 0.190. The van der Waals surface area contributed by atoms with Crippen LogP contribution < -0.4 is 4.74 Å². The number of ether oxygens (including phenoxy) is 1. The Morgan fingerprint density at radius 3 is 2.62 bits per heavy atom. The lowest BCUT2D eigenvalue weighted by molar-refractivity contribution is 0.231. The molecular weight excluding hydrogens is 324 g/mol. The van der Waals surface area contributed by atoms with Crippen LogP contribution in [0.4, 0.5) is 0 Å². The van der Waals surface area contributed by atoms with E-state index < -0.39 is 0 Å². The number of fused-ring (bicyclic) bond motifs is 1. The van der Waals surface area contributed by atoms with Crippen LogP contribution in [-0.4, -0.2) is 25.6 Å². The molecule has 130 valence electrons. The molecule has 3 aromatic heterocycles. The number of pyridine rings is 1. The molecule has 5 heteroatoms. The molecule has 4 rings (SSSR count). The minimum atomic E-state index is 0.0493.